The fourth-order valence-electron chi connectivity index (χ4n) is 2.33. The van der Waals surface area contributed by atoms with Gasteiger partial charge in [-0.2, -0.15) is 8.42 Å². The van der Waals surface area contributed by atoms with E-state index in [0.29, 0.717) is 5.39 Å². The number of rotatable bonds is 8. The molecule has 4 unspecified atom stereocenters. The van der Waals surface area contributed by atoms with Gasteiger partial charge in [0.15, 0.2) is 0 Å². The highest BCUT2D eigenvalue weighted by molar-refractivity contribution is 7.87. The van der Waals surface area contributed by atoms with E-state index in [1.54, 1.807) is 12.1 Å². The highest BCUT2D eigenvalue weighted by Gasteiger charge is 2.31. The molecule has 26 heavy (non-hydrogen) atoms. The Morgan fingerprint density at radius 1 is 1.12 bits per heavy atom. The summed E-state index contributed by atoms with van der Waals surface area (Å²) in [7, 11) is -4.31. The Balaban J connectivity index is 2.17. The van der Waals surface area contributed by atoms with Crippen LogP contribution in [-0.2, 0) is 14.3 Å². The molecule has 0 bridgehead atoms. The van der Waals surface area contributed by atoms with Crippen LogP contribution in [0.5, 0.6) is 0 Å². The van der Waals surface area contributed by atoms with Crippen molar-refractivity contribution >= 4 is 21.0 Å². The summed E-state index contributed by atoms with van der Waals surface area (Å²) in [6, 6.07) is 6.27. The van der Waals surface area contributed by atoms with E-state index in [4.69, 9.17) is 9.29 Å². The van der Waals surface area contributed by atoms with E-state index in [2.05, 4.69) is 4.98 Å². The standard InChI is InChI=1S/C16H21NO8S/c1-9-5-10-3-2-4-13(14(10)17-6-9)26(23,24)25-8-12(20)16(22)15(21)11(19)7-18/h2-6,11-12,15-16,18-22H,7-8H2,1H3. The van der Waals surface area contributed by atoms with Crippen LogP contribution in [-0.4, -0.2) is 76.6 Å². The Morgan fingerprint density at radius 3 is 2.42 bits per heavy atom. The number of aromatic nitrogens is 1. The molecule has 10 heteroatoms. The zero-order valence-electron chi connectivity index (χ0n) is 13.9. The van der Waals surface area contributed by atoms with Gasteiger partial charge in [0.05, 0.1) is 18.7 Å². The number of hydrogen-bond acceptors (Lipinski definition) is 9. The number of para-hydroxylation sites is 1. The molecule has 0 radical (unpaired) electrons. The topological polar surface area (TPSA) is 157 Å². The van der Waals surface area contributed by atoms with Crippen molar-refractivity contribution in [2.75, 3.05) is 13.2 Å². The minimum atomic E-state index is -4.31. The van der Waals surface area contributed by atoms with E-state index in [1.807, 2.05) is 6.92 Å². The van der Waals surface area contributed by atoms with Crippen molar-refractivity contribution in [2.45, 2.75) is 36.2 Å². The molecule has 0 aliphatic heterocycles. The maximum atomic E-state index is 12.4. The number of pyridine rings is 1. The first-order valence-electron chi connectivity index (χ1n) is 7.75. The van der Waals surface area contributed by atoms with Gasteiger partial charge in [0.25, 0.3) is 10.1 Å². The predicted molar refractivity (Wildman–Crippen MR) is 90.7 cm³/mol. The summed E-state index contributed by atoms with van der Waals surface area (Å²) in [6.07, 6.45) is -5.79. The number of hydrogen-bond donors (Lipinski definition) is 5. The molecule has 1 aromatic carbocycles. The quantitative estimate of drug-likeness (QED) is 0.347. The Hall–Kier alpha value is -1.66. The van der Waals surface area contributed by atoms with Crippen LogP contribution in [0.2, 0.25) is 0 Å². The van der Waals surface area contributed by atoms with Crippen molar-refractivity contribution < 1.29 is 38.1 Å². The average molecular weight is 387 g/mol. The molecule has 1 aromatic heterocycles. The van der Waals surface area contributed by atoms with Crippen molar-refractivity contribution in [1.82, 2.24) is 4.98 Å². The van der Waals surface area contributed by atoms with E-state index in [1.165, 1.54) is 18.3 Å². The van der Waals surface area contributed by atoms with Crippen LogP contribution >= 0.6 is 0 Å². The summed E-state index contributed by atoms with van der Waals surface area (Å²) in [5.41, 5.74) is 1.05. The highest BCUT2D eigenvalue weighted by Crippen LogP contribution is 2.23. The zero-order valence-corrected chi connectivity index (χ0v) is 14.7. The second kappa shape index (κ2) is 8.35. The Kier molecular flexibility index (Phi) is 6.64. The van der Waals surface area contributed by atoms with Crippen molar-refractivity contribution in [1.29, 1.82) is 0 Å². The molecule has 0 spiro atoms. The fraction of sp³-hybridized carbons (Fsp3) is 0.438. The third-order valence-corrected chi connectivity index (χ3v) is 5.11. The zero-order chi connectivity index (χ0) is 19.5. The van der Waals surface area contributed by atoms with Crippen molar-refractivity contribution in [3.8, 4) is 0 Å². The monoisotopic (exact) mass is 387 g/mol. The number of aliphatic hydroxyl groups is 5. The lowest BCUT2D eigenvalue weighted by atomic mass is 10.0. The van der Waals surface area contributed by atoms with Gasteiger partial charge in [-0.05, 0) is 24.6 Å². The number of fused-ring (bicyclic) bond motifs is 1. The van der Waals surface area contributed by atoms with Gasteiger partial charge in [-0.15, -0.1) is 0 Å². The van der Waals surface area contributed by atoms with Crippen molar-refractivity contribution in [3.05, 3.63) is 36.0 Å². The molecule has 0 amide bonds. The van der Waals surface area contributed by atoms with Gasteiger partial charge >= 0.3 is 0 Å². The lowest BCUT2D eigenvalue weighted by molar-refractivity contribution is -0.121. The summed E-state index contributed by atoms with van der Waals surface area (Å²) in [4.78, 5) is 3.90. The average Bonchev–Trinajstić information content (AvgIpc) is 2.63. The third-order valence-electron chi connectivity index (χ3n) is 3.80. The van der Waals surface area contributed by atoms with Crippen LogP contribution in [0, 0.1) is 6.92 Å². The van der Waals surface area contributed by atoms with Crippen molar-refractivity contribution in [3.63, 3.8) is 0 Å². The Bertz CT molecular complexity index is 856. The molecular weight excluding hydrogens is 366 g/mol. The van der Waals surface area contributed by atoms with Crippen molar-refractivity contribution in [2.24, 2.45) is 0 Å². The van der Waals surface area contributed by atoms with Crippen LogP contribution in [0.25, 0.3) is 10.9 Å². The molecule has 0 saturated heterocycles. The van der Waals surface area contributed by atoms with E-state index in [0.717, 1.165) is 5.56 Å². The van der Waals surface area contributed by atoms with Gasteiger partial charge in [0.1, 0.15) is 29.3 Å². The maximum Gasteiger partial charge on any atom is 0.299 e. The second-order valence-corrected chi connectivity index (χ2v) is 7.46. The summed E-state index contributed by atoms with van der Waals surface area (Å²) < 4.78 is 29.6. The first kappa shape index (κ1) is 20.6. The number of benzene rings is 1. The first-order valence-corrected chi connectivity index (χ1v) is 9.16. The highest BCUT2D eigenvalue weighted by atomic mass is 32.2. The lowest BCUT2D eigenvalue weighted by Gasteiger charge is -2.25. The molecule has 0 aliphatic carbocycles. The van der Waals surface area contributed by atoms with Crippen LogP contribution in [0.3, 0.4) is 0 Å². The molecule has 0 aliphatic rings. The minimum Gasteiger partial charge on any atom is -0.394 e. The molecule has 0 fully saturated rings. The Labute approximate surface area is 150 Å². The normalized spacial score (nSPS) is 17.0. The number of aryl methyl sites for hydroxylation is 1. The largest absolute Gasteiger partial charge is 0.394 e. The molecule has 4 atom stereocenters. The van der Waals surface area contributed by atoms with Gasteiger partial charge in [-0.3, -0.25) is 9.17 Å². The van der Waals surface area contributed by atoms with E-state index >= 15 is 0 Å². The summed E-state index contributed by atoms with van der Waals surface area (Å²) in [6.45, 7) is 0.111. The van der Waals surface area contributed by atoms with E-state index in [9.17, 15) is 28.8 Å². The third kappa shape index (κ3) is 4.54. The van der Waals surface area contributed by atoms with Gasteiger partial charge in [0, 0.05) is 11.6 Å². The van der Waals surface area contributed by atoms with Crippen LogP contribution < -0.4 is 0 Å². The maximum absolute atomic E-state index is 12.4. The smallest absolute Gasteiger partial charge is 0.299 e. The Morgan fingerprint density at radius 2 is 1.77 bits per heavy atom. The van der Waals surface area contributed by atoms with Crippen LogP contribution in [0.1, 0.15) is 5.56 Å². The number of aliphatic hydroxyl groups excluding tert-OH is 5. The van der Waals surface area contributed by atoms with Crippen LogP contribution in [0.4, 0.5) is 0 Å². The lowest BCUT2D eigenvalue weighted by Crippen LogP contribution is -2.47. The molecule has 2 rings (SSSR count). The van der Waals surface area contributed by atoms with Crippen LogP contribution in [0.15, 0.2) is 35.4 Å². The predicted octanol–water partition coefficient (Wildman–Crippen LogP) is -1.32. The minimum absolute atomic E-state index is 0.198. The van der Waals surface area contributed by atoms with Gasteiger partial charge in [-0.25, -0.2) is 0 Å². The molecule has 9 nitrogen and oxygen atoms in total. The second-order valence-electron chi connectivity index (χ2n) is 5.88. The SMILES string of the molecule is Cc1cnc2c(S(=O)(=O)OCC(O)C(O)C(O)C(O)CO)cccc2c1. The van der Waals surface area contributed by atoms with E-state index in [-0.39, 0.29) is 10.4 Å². The van der Waals surface area contributed by atoms with Gasteiger partial charge in [-0.1, -0.05) is 12.1 Å². The number of nitrogens with zero attached hydrogens (tertiary/aromatic N) is 1. The molecule has 2 aromatic rings. The molecule has 1 heterocycles. The van der Waals surface area contributed by atoms with Gasteiger partial charge in [0.2, 0.25) is 0 Å². The molecule has 144 valence electrons. The summed E-state index contributed by atoms with van der Waals surface area (Å²) in [5, 5.41) is 47.6. The fourth-order valence-corrected chi connectivity index (χ4v) is 3.43. The van der Waals surface area contributed by atoms with Gasteiger partial charge < -0.3 is 25.5 Å². The molecular formula is C16H21NO8S. The molecule has 0 saturated carbocycles. The summed E-state index contributed by atoms with van der Waals surface area (Å²) in [5.74, 6) is 0. The van der Waals surface area contributed by atoms with E-state index < -0.39 is 47.7 Å². The molecule has 5 N–H and O–H groups in total. The summed E-state index contributed by atoms with van der Waals surface area (Å²) >= 11 is 0. The first-order chi connectivity index (χ1) is 12.2.